The highest BCUT2D eigenvalue weighted by atomic mass is 32.2. The molecule has 128 valence electrons. The van der Waals surface area contributed by atoms with Crippen molar-refractivity contribution < 1.29 is 12.6 Å². The maximum absolute atomic E-state index is 12.4. The van der Waals surface area contributed by atoms with E-state index in [0.717, 1.165) is 11.1 Å². The van der Waals surface area contributed by atoms with Gasteiger partial charge in [-0.1, -0.05) is 41.5 Å². The Bertz CT molecular complexity index is 826. The van der Waals surface area contributed by atoms with E-state index in [9.17, 15) is 12.6 Å². The predicted octanol–water partition coefficient (Wildman–Crippen LogP) is 2.94. The quantitative estimate of drug-likeness (QED) is 0.769. The molecule has 2 rings (SSSR count). The van der Waals surface area contributed by atoms with Crippen LogP contribution in [0.3, 0.4) is 0 Å². The third-order valence-electron chi connectivity index (χ3n) is 3.54. The SMILES string of the molecule is C=C[C@H](C[S@](=O)c1ccc(C)cc1)NS(=O)(=O)c1ccc(C)cc1. The number of hydrogen-bond acceptors (Lipinski definition) is 3. The van der Waals surface area contributed by atoms with E-state index < -0.39 is 26.9 Å². The van der Waals surface area contributed by atoms with Crippen LogP contribution < -0.4 is 4.72 Å². The number of benzene rings is 2. The second kappa shape index (κ2) is 7.88. The van der Waals surface area contributed by atoms with Gasteiger partial charge in [0.2, 0.25) is 10.0 Å². The van der Waals surface area contributed by atoms with E-state index in [1.807, 2.05) is 26.0 Å². The lowest BCUT2D eigenvalue weighted by Crippen LogP contribution is -2.37. The molecule has 0 aromatic heterocycles. The van der Waals surface area contributed by atoms with Crippen molar-refractivity contribution in [2.24, 2.45) is 0 Å². The summed E-state index contributed by atoms with van der Waals surface area (Å²) >= 11 is 0. The Labute approximate surface area is 146 Å². The maximum atomic E-state index is 12.4. The highest BCUT2D eigenvalue weighted by Crippen LogP contribution is 2.13. The van der Waals surface area contributed by atoms with Crippen molar-refractivity contribution in [2.75, 3.05) is 5.75 Å². The monoisotopic (exact) mass is 363 g/mol. The van der Waals surface area contributed by atoms with Crippen LogP contribution in [-0.2, 0) is 20.8 Å². The molecule has 0 radical (unpaired) electrons. The van der Waals surface area contributed by atoms with Gasteiger partial charge in [-0.05, 0) is 38.1 Å². The molecule has 0 bridgehead atoms. The first kappa shape index (κ1) is 18.6. The number of nitrogens with one attached hydrogen (secondary N) is 1. The highest BCUT2D eigenvalue weighted by Gasteiger charge is 2.20. The third-order valence-corrected chi connectivity index (χ3v) is 6.50. The minimum atomic E-state index is -3.68. The zero-order valence-corrected chi connectivity index (χ0v) is 15.4. The van der Waals surface area contributed by atoms with Crippen LogP contribution in [0.15, 0.2) is 71.0 Å². The normalized spacial score (nSPS) is 14.1. The fourth-order valence-corrected chi connectivity index (χ4v) is 4.58. The average Bonchev–Trinajstić information content (AvgIpc) is 2.55. The summed E-state index contributed by atoms with van der Waals surface area (Å²) < 4.78 is 39.8. The van der Waals surface area contributed by atoms with Gasteiger partial charge in [-0.2, -0.15) is 0 Å². The van der Waals surface area contributed by atoms with Gasteiger partial charge in [-0.3, -0.25) is 4.21 Å². The Morgan fingerprint density at radius 2 is 1.54 bits per heavy atom. The van der Waals surface area contributed by atoms with Crippen LogP contribution in [-0.4, -0.2) is 24.4 Å². The molecule has 0 amide bonds. The predicted molar refractivity (Wildman–Crippen MR) is 97.9 cm³/mol. The van der Waals surface area contributed by atoms with Gasteiger partial charge >= 0.3 is 0 Å². The lowest BCUT2D eigenvalue weighted by molar-refractivity contribution is 0.576. The van der Waals surface area contributed by atoms with Crippen LogP contribution in [0, 0.1) is 13.8 Å². The lowest BCUT2D eigenvalue weighted by Gasteiger charge is -2.15. The second-order valence-electron chi connectivity index (χ2n) is 5.60. The van der Waals surface area contributed by atoms with Gasteiger partial charge < -0.3 is 0 Å². The van der Waals surface area contributed by atoms with E-state index in [0.29, 0.717) is 4.90 Å². The van der Waals surface area contributed by atoms with Crippen molar-refractivity contribution in [1.29, 1.82) is 0 Å². The highest BCUT2D eigenvalue weighted by molar-refractivity contribution is 7.89. The van der Waals surface area contributed by atoms with Gasteiger partial charge in [0.25, 0.3) is 0 Å². The van der Waals surface area contributed by atoms with Crippen molar-refractivity contribution in [1.82, 2.24) is 4.72 Å². The van der Waals surface area contributed by atoms with Gasteiger partial charge in [-0.15, -0.1) is 6.58 Å². The van der Waals surface area contributed by atoms with E-state index in [1.54, 1.807) is 36.4 Å². The average molecular weight is 364 g/mol. The summed E-state index contributed by atoms with van der Waals surface area (Å²) in [6.07, 6.45) is 1.47. The summed E-state index contributed by atoms with van der Waals surface area (Å²) in [7, 11) is -4.99. The van der Waals surface area contributed by atoms with Crippen LogP contribution in [0.1, 0.15) is 11.1 Å². The molecule has 0 spiro atoms. The summed E-state index contributed by atoms with van der Waals surface area (Å²) in [4.78, 5) is 0.850. The summed E-state index contributed by atoms with van der Waals surface area (Å²) in [5.74, 6) is 0.137. The van der Waals surface area contributed by atoms with Crippen molar-refractivity contribution in [3.63, 3.8) is 0 Å². The molecule has 0 aliphatic carbocycles. The number of aryl methyl sites for hydroxylation is 2. The first-order valence-electron chi connectivity index (χ1n) is 7.48. The molecule has 0 saturated carbocycles. The van der Waals surface area contributed by atoms with Crippen LogP contribution >= 0.6 is 0 Å². The van der Waals surface area contributed by atoms with E-state index in [-0.39, 0.29) is 10.6 Å². The van der Waals surface area contributed by atoms with E-state index in [2.05, 4.69) is 11.3 Å². The van der Waals surface area contributed by atoms with Crippen LogP contribution in [0.2, 0.25) is 0 Å². The first-order valence-corrected chi connectivity index (χ1v) is 10.3. The van der Waals surface area contributed by atoms with Crippen LogP contribution in [0.5, 0.6) is 0 Å². The molecule has 4 nitrogen and oxygen atoms in total. The molecule has 0 heterocycles. The van der Waals surface area contributed by atoms with E-state index in [4.69, 9.17) is 0 Å². The molecular weight excluding hydrogens is 342 g/mol. The summed E-state index contributed by atoms with van der Waals surface area (Å²) in [6.45, 7) is 7.50. The van der Waals surface area contributed by atoms with Gasteiger partial charge in [-0.25, -0.2) is 13.1 Å². The fraction of sp³-hybridized carbons (Fsp3) is 0.222. The van der Waals surface area contributed by atoms with Gasteiger partial charge in [0.1, 0.15) is 0 Å². The molecule has 2 aromatic rings. The van der Waals surface area contributed by atoms with Crippen molar-refractivity contribution in [2.45, 2.75) is 29.7 Å². The van der Waals surface area contributed by atoms with Crippen LogP contribution in [0.25, 0.3) is 0 Å². The second-order valence-corrected chi connectivity index (χ2v) is 8.81. The fourth-order valence-electron chi connectivity index (χ4n) is 2.08. The van der Waals surface area contributed by atoms with Crippen molar-refractivity contribution >= 4 is 20.8 Å². The van der Waals surface area contributed by atoms with Crippen molar-refractivity contribution in [3.8, 4) is 0 Å². The number of hydrogen-bond donors (Lipinski definition) is 1. The molecule has 0 aliphatic rings. The maximum Gasteiger partial charge on any atom is 0.241 e. The minimum Gasteiger partial charge on any atom is -0.254 e. The van der Waals surface area contributed by atoms with Gasteiger partial charge in [0.15, 0.2) is 0 Å². The summed E-state index contributed by atoms with van der Waals surface area (Å²) in [5.41, 5.74) is 2.06. The Balaban J connectivity index is 2.11. The third kappa shape index (κ3) is 4.87. The zero-order valence-electron chi connectivity index (χ0n) is 13.7. The lowest BCUT2D eigenvalue weighted by atomic mass is 10.2. The molecule has 0 aliphatic heterocycles. The molecule has 2 aromatic carbocycles. The summed E-state index contributed by atoms with van der Waals surface area (Å²) in [6, 6.07) is 13.3. The topological polar surface area (TPSA) is 63.2 Å². The zero-order chi connectivity index (χ0) is 17.7. The Morgan fingerprint density at radius 3 is 2.04 bits per heavy atom. The Morgan fingerprint density at radius 1 is 1.04 bits per heavy atom. The van der Waals surface area contributed by atoms with Gasteiger partial charge in [0.05, 0.1) is 21.7 Å². The largest absolute Gasteiger partial charge is 0.254 e. The standard InChI is InChI=1S/C18H21NO3S2/c1-4-16(13-23(20)17-9-5-14(2)6-10-17)19-24(21,22)18-11-7-15(3)8-12-18/h4-12,16,19H,1,13H2,2-3H3/t16-,23+/m1/s1. The minimum absolute atomic E-state index is 0.137. The molecular formula is C18H21NO3S2. The molecule has 6 heteroatoms. The molecule has 2 atom stereocenters. The number of sulfonamides is 1. The molecule has 1 N–H and O–H groups in total. The molecule has 0 unspecified atom stereocenters. The van der Waals surface area contributed by atoms with Gasteiger partial charge in [0, 0.05) is 10.6 Å². The van der Waals surface area contributed by atoms with E-state index in [1.165, 1.54) is 6.08 Å². The van der Waals surface area contributed by atoms with Crippen LogP contribution in [0.4, 0.5) is 0 Å². The van der Waals surface area contributed by atoms with E-state index >= 15 is 0 Å². The number of rotatable bonds is 7. The Hall–Kier alpha value is -1.76. The first-order chi connectivity index (χ1) is 11.3. The summed E-state index contributed by atoms with van der Waals surface area (Å²) in [5, 5.41) is 0. The molecule has 0 fully saturated rings. The molecule has 24 heavy (non-hydrogen) atoms. The smallest absolute Gasteiger partial charge is 0.241 e. The van der Waals surface area contributed by atoms with Crippen molar-refractivity contribution in [3.05, 3.63) is 72.3 Å². The Kier molecular flexibility index (Phi) is 6.10. The molecule has 0 saturated heterocycles.